The number of piperidine rings is 1. The summed E-state index contributed by atoms with van der Waals surface area (Å²) in [6.45, 7) is 2.77. The van der Waals surface area contributed by atoms with Crippen LogP contribution in [0.3, 0.4) is 0 Å². The van der Waals surface area contributed by atoms with E-state index >= 15 is 0 Å². The van der Waals surface area contributed by atoms with E-state index in [1.54, 1.807) is 23.1 Å². The van der Waals surface area contributed by atoms with Crippen LogP contribution in [0.25, 0.3) is 0 Å². The SMILES string of the molecule is O=C(O)c1ccccc1[C@@H]1CCN(C(=O)c2ccc(O)cc2OC[C@@H](O)CN2CCC3(CC2)Cc2cc(Cl)ccc2O3)C1. The highest BCUT2D eigenvalue weighted by molar-refractivity contribution is 6.30. The molecular weight excluding hydrogens is 572 g/mol. The van der Waals surface area contributed by atoms with Crippen molar-refractivity contribution in [2.24, 2.45) is 0 Å². The highest BCUT2D eigenvalue weighted by Crippen LogP contribution is 2.42. The van der Waals surface area contributed by atoms with Gasteiger partial charge in [-0.15, -0.1) is 0 Å². The number of carbonyl (C=O) groups excluding carboxylic acids is 1. The Labute approximate surface area is 255 Å². The number of carboxylic acids is 1. The van der Waals surface area contributed by atoms with E-state index in [4.69, 9.17) is 21.1 Å². The first-order valence-corrected chi connectivity index (χ1v) is 15.0. The minimum absolute atomic E-state index is 0.0412. The molecule has 3 aromatic rings. The molecule has 0 unspecified atom stereocenters. The van der Waals surface area contributed by atoms with Crippen LogP contribution in [0.1, 0.15) is 57.0 Å². The van der Waals surface area contributed by atoms with Gasteiger partial charge in [0.05, 0.1) is 11.1 Å². The normalized spacial score (nSPS) is 20.0. The number of aromatic hydroxyl groups is 1. The second-order valence-corrected chi connectivity index (χ2v) is 12.2. The number of halogens is 1. The van der Waals surface area contributed by atoms with Gasteiger partial charge < -0.3 is 34.6 Å². The molecule has 1 amide bonds. The number of aliphatic hydroxyl groups excluding tert-OH is 1. The van der Waals surface area contributed by atoms with Gasteiger partial charge in [-0.05, 0) is 53.9 Å². The van der Waals surface area contributed by atoms with Crippen molar-refractivity contribution in [1.29, 1.82) is 0 Å². The number of nitrogens with zero attached hydrogens (tertiary/aromatic N) is 2. The molecule has 0 radical (unpaired) electrons. The third-order valence-corrected chi connectivity index (χ3v) is 9.07. The molecule has 0 aromatic heterocycles. The fourth-order valence-electron chi connectivity index (χ4n) is 6.58. The minimum Gasteiger partial charge on any atom is -0.508 e. The third-order valence-electron chi connectivity index (χ3n) is 8.83. The first-order valence-electron chi connectivity index (χ1n) is 14.6. The first kappa shape index (κ1) is 29.3. The van der Waals surface area contributed by atoms with Crippen molar-refractivity contribution in [2.45, 2.75) is 43.3 Å². The molecule has 0 bridgehead atoms. The molecule has 9 nitrogen and oxygen atoms in total. The number of benzene rings is 3. The maximum absolute atomic E-state index is 13.5. The Morgan fingerprint density at radius 1 is 1.05 bits per heavy atom. The van der Waals surface area contributed by atoms with Gasteiger partial charge in [-0.2, -0.15) is 0 Å². The number of phenolic OH excluding ortho intramolecular Hbond substituents is 1. The first-order chi connectivity index (χ1) is 20.7. The lowest BCUT2D eigenvalue weighted by Gasteiger charge is -2.39. The van der Waals surface area contributed by atoms with Gasteiger partial charge in [-0.3, -0.25) is 4.79 Å². The molecule has 6 rings (SSSR count). The Morgan fingerprint density at radius 2 is 1.84 bits per heavy atom. The average Bonchev–Trinajstić information content (AvgIpc) is 3.62. The van der Waals surface area contributed by atoms with Crippen molar-refractivity contribution in [3.63, 3.8) is 0 Å². The zero-order valence-corrected chi connectivity index (χ0v) is 24.5. The van der Waals surface area contributed by atoms with Gasteiger partial charge in [0.2, 0.25) is 0 Å². The van der Waals surface area contributed by atoms with Gasteiger partial charge in [0.25, 0.3) is 5.91 Å². The lowest BCUT2D eigenvalue weighted by molar-refractivity contribution is -0.00202. The number of carbonyl (C=O) groups is 2. The summed E-state index contributed by atoms with van der Waals surface area (Å²) >= 11 is 6.16. The summed E-state index contributed by atoms with van der Waals surface area (Å²) in [5.41, 5.74) is 2.16. The number of amides is 1. The molecule has 10 heteroatoms. The maximum Gasteiger partial charge on any atom is 0.335 e. The molecule has 226 valence electrons. The molecule has 0 saturated carbocycles. The Hall–Kier alpha value is -3.79. The highest BCUT2D eigenvalue weighted by Gasteiger charge is 2.42. The zero-order chi connectivity index (χ0) is 30.1. The van der Waals surface area contributed by atoms with Crippen LogP contribution in [-0.4, -0.2) is 88.0 Å². The van der Waals surface area contributed by atoms with E-state index < -0.39 is 12.1 Å². The maximum atomic E-state index is 13.5. The van der Waals surface area contributed by atoms with Crippen LogP contribution in [0, 0.1) is 0 Å². The fraction of sp³-hybridized carbons (Fsp3) is 0.394. The third kappa shape index (κ3) is 6.30. The Kier molecular flexibility index (Phi) is 8.22. The van der Waals surface area contributed by atoms with Crippen molar-refractivity contribution in [3.05, 3.63) is 87.9 Å². The van der Waals surface area contributed by atoms with E-state index in [1.165, 1.54) is 18.2 Å². The minimum atomic E-state index is -0.986. The standard InChI is InChI=1S/C33H35ClN2O7/c34-23-5-8-29-22(15-23)17-33(43-29)10-13-35(14-11-33)19-25(38)20-42-30-16-24(37)6-7-28(30)31(39)36-12-9-21(18-36)26-3-1-2-4-27(26)32(40)41/h1-8,15-16,21,25,37-38H,9-14,17-20H2,(H,40,41)/t21-,25+/m1/s1. The number of aliphatic hydroxyl groups is 1. The summed E-state index contributed by atoms with van der Waals surface area (Å²) in [5.74, 6) is -0.287. The Balaban J connectivity index is 1.03. The van der Waals surface area contributed by atoms with Gasteiger partial charge in [-0.1, -0.05) is 29.8 Å². The molecular formula is C33H35ClN2O7. The number of hydrogen-bond acceptors (Lipinski definition) is 7. The van der Waals surface area contributed by atoms with Crippen molar-refractivity contribution in [2.75, 3.05) is 39.3 Å². The van der Waals surface area contributed by atoms with Crippen molar-refractivity contribution in [3.8, 4) is 17.2 Å². The fourth-order valence-corrected chi connectivity index (χ4v) is 6.78. The monoisotopic (exact) mass is 606 g/mol. The average molecular weight is 607 g/mol. The number of ether oxygens (including phenoxy) is 2. The van der Waals surface area contributed by atoms with Gasteiger partial charge in [0.15, 0.2) is 0 Å². The molecule has 2 fully saturated rings. The molecule has 3 heterocycles. The quantitative estimate of drug-likeness (QED) is 0.341. The second kappa shape index (κ2) is 12.1. The summed E-state index contributed by atoms with van der Waals surface area (Å²) in [7, 11) is 0. The molecule has 0 aliphatic carbocycles. The summed E-state index contributed by atoms with van der Waals surface area (Å²) in [6, 6.07) is 17.0. The van der Waals surface area contributed by atoms with E-state index in [0.717, 1.165) is 43.7 Å². The number of likely N-dealkylation sites (tertiary alicyclic amines) is 2. The predicted molar refractivity (Wildman–Crippen MR) is 160 cm³/mol. The lowest BCUT2D eigenvalue weighted by Crippen LogP contribution is -2.49. The molecule has 3 N–H and O–H groups in total. The second-order valence-electron chi connectivity index (χ2n) is 11.8. The van der Waals surface area contributed by atoms with E-state index in [-0.39, 0.29) is 46.7 Å². The van der Waals surface area contributed by atoms with Crippen LogP contribution < -0.4 is 9.47 Å². The van der Waals surface area contributed by atoms with Crippen LogP contribution in [0.2, 0.25) is 5.02 Å². The number of rotatable bonds is 8. The number of hydrogen-bond donors (Lipinski definition) is 3. The van der Waals surface area contributed by atoms with Crippen LogP contribution in [0.5, 0.6) is 17.2 Å². The van der Waals surface area contributed by atoms with Gasteiger partial charge in [0.1, 0.15) is 35.6 Å². The number of β-amino-alcohol motifs (C(OH)–C–C–N with tert-alkyl or cyclic N) is 1. The van der Waals surface area contributed by atoms with Crippen molar-refractivity contribution < 1.29 is 34.4 Å². The largest absolute Gasteiger partial charge is 0.508 e. The summed E-state index contributed by atoms with van der Waals surface area (Å²) in [5, 5.41) is 31.2. The summed E-state index contributed by atoms with van der Waals surface area (Å²) in [6.07, 6.45) is 2.35. The summed E-state index contributed by atoms with van der Waals surface area (Å²) in [4.78, 5) is 29.1. The molecule has 1 spiro atoms. The van der Waals surface area contributed by atoms with Crippen molar-refractivity contribution >= 4 is 23.5 Å². The van der Waals surface area contributed by atoms with Crippen LogP contribution in [0.15, 0.2) is 60.7 Å². The smallest absolute Gasteiger partial charge is 0.335 e. The van der Waals surface area contributed by atoms with E-state index in [9.17, 15) is 24.9 Å². The van der Waals surface area contributed by atoms with Gasteiger partial charge >= 0.3 is 5.97 Å². The summed E-state index contributed by atoms with van der Waals surface area (Å²) < 4.78 is 12.2. The zero-order valence-electron chi connectivity index (χ0n) is 23.7. The molecule has 3 aromatic carbocycles. The molecule has 2 saturated heterocycles. The van der Waals surface area contributed by atoms with Crippen LogP contribution >= 0.6 is 11.6 Å². The topological polar surface area (TPSA) is 120 Å². The molecule has 43 heavy (non-hydrogen) atoms. The molecule has 2 atom stereocenters. The van der Waals surface area contributed by atoms with Crippen LogP contribution in [-0.2, 0) is 6.42 Å². The number of carboxylic acid groups (broad SMARTS) is 1. The predicted octanol–water partition coefficient (Wildman–Crippen LogP) is 4.58. The number of phenols is 1. The molecule has 3 aliphatic rings. The van der Waals surface area contributed by atoms with Crippen molar-refractivity contribution in [1.82, 2.24) is 9.80 Å². The Bertz CT molecular complexity index is 1520. The van der Waals surface area contributed by atoms with Gasteiger partial charge in [-0.25, -0.2) is 4.79 Å². The highest BCUT2D eigenvalue weighted by atomic mass is 35.5. The van der Waals surface area contributed by atoms with E-state index in [2.05, 4.69) is 4.90 Å². The van der Waals surface area contributed by atoms with E-state index in [1.807, 2.05) is 24.3 Å². The molecule has 3 aliphatic heterocycles. The van der Waals surface area contributed by atoms with Crippen LogP contribution in [0.4, 0.5) is 0 Å². The lowest BCUT2D eigenvalue weighted by atomic mass is 9.87. The number of aromatic carboxylic acids is 1. The Morgan fingerprint density at radius 3 is 2.63 bits per heavy atom. The number of fused-ring (bicyclic) bond motifs is 1. The van der Waals surface area contributed by atoms with Gasteiger partial charge in [0, 0.05) is 69.0 Å². The van der Waals surface area contributed by atoms with E-state index in [0.29, 0.717) is 36.6 Å².